The molecular weight excluding hydrogens is 265 g/mol. The van der Waals surface area contributed by atoms with Gasteiger partial charge in [0.25, 0.3) is 0 Å². The lowest BCUT2D eigenvalue weighted by Gasteiger charge is -2.05. The Kier molecular flexibility index (Phi) is 4.46. The molecule has 1 radical (unpaired) electrons. The summed E-state index contributed by atoms with van der Waals surface area (Å²) in [4.78, 5) is 15.8. The van der Waals surface area contributed by atoms with Crippen LogP contribution in [0.4, 0.5) is 14.3 Å². The summed E-state index contributed by atoms with van der Waals surface area (Å²) >= 11 is 1.34. The maximum absolute atomic E-state index is 12.9. The fraction of sp³-hybridized carbons (Fsp3) is 0.154. The van der Waals surface area contributed by atoms with Crippen molar-refractivity contribution < 1.29 is 9.18 Å². The summed E-state index contributed by atoms with van der Waals surface area (Å²) in [5.41, 5.74) is 1.54. The summed E-state index contributed by atoms with van der Waals surface area (Å²) in [6, 6.07) is 5.72. The largest absolute Gasteiger partial charge is 0.334 e. The molecule has 0 bridgehead atoms. The third kappa shape index (κ3) is 4.03. The predicted molar refractivity (Wildman–Crippen MR) is 73.4 cm³/mol. The standard InChI is InChI=1S/C13H13FN3OS/c1-2-11-8-19-13(16-11)17-12(18)15-7-9-4-3-5-10(14)6-9/h3-6,8H,1-2,7H2,(H2,15,16,17,18). The monoisotopic (exact) mass is 278 g/mol. The quantitative estimate of drug-likeness (QED) is 0.903. The van der Waals surface area contributed by atoms with Crippen molar-refractivity contribution in [3.63, 3.8) is 0 Å². The van der Waals surface area contributed by atoms with E-state index in [1.807, 2.05) is 5.38 Å². The van der Waals surface area contributed by atoms with Crippen LogP contribution in [0.3, 0.4) is 0 Å². The van der Waals surface area contributed by atoms with Gasteiger partial charge in [-0.15, -0.1) is 11.3 Å². The molecule has 99 valence electrons. The molecule has 0 saturated carbocycles. The SMILES string of the molecule is [CH2]Cc1csc(NC(=O)NCc2cccc(F)c2)n1. The normalized spacial score (nSPS) is 10.2. The number of nitrogens with one attached hydrogen (secondary N) is 2. The number of benzene rings is 1. The van der Waals surface area contributed by atoms with Crippen LogP contribution >= 0.6 is 11.3 Å². The number of halogens is 1. The van der Waals surface area contributed by atoms with Gasteiger partial charge in [-0.3, -0.25) is 5.32 Å². The van der Waals surface area contributed by atoms with Crippen LogP contribution in [-0.4, -0.2) is 11.0 Å². The zero-order valence-electron chi connectivity index (χ0n) is 10.1. The number of hydrogen-bond donors (Lipinski definition) is 2. The Morgan fingerprint density at radius 3 is 3.00 bits per heavy atom. The van der Waals surface area contributed by atoms with Gasteiger partial charge in [0.1, 0.15) is 5.82 Å². The van der Waals surface area contributed by atoms with Gasteiger partial charge in [0.2, 0.25) is 0 Å². The Morgan fingerprint density at radius 1 is 1.47 bits per heavy atom. The van der Waals surface area contributed by atoms with Gasteiger partial charge < -0.3 is 5.32 Å². The molecule has 2 aromatic rings. The molecule has 19 heavy (non-hydrogen) atoms. The molecule has 0 aliphatic carbocycles. The van der Waals surface area contributed by atoms with Crippen LogP contribution in [0.5, 0.6) is 0 Å². The maximum atomic E-state index is 12.9. The summed E-state index contributed by atoms with van der Waals surface area (Å²) < 4.78 is 12.9. The zero-order chi connectivity index (χ0) is 13.7. The minimum atomic E-state index is -0.366. The summed E-state index contributed by atoms with van der Waals surface area (Å²) in [7, 11) is 0. The Labute approximate surface area is 114 Å². The average molecular weight is 278 g/mol. The van der Waals surface area contributed by atoms with Crippen LogP contribution in [0.15, 0.2) is 29.6 Å². The van der Waals surface area contributed by atoms with Crippen LogP contribution in [0, 0.1) is 12.7 Å². The van der Waals surface area contributed by atoms with Gasteiger partial charge in [0.15, 0.2) is 5.13 Å². The molecule has 1 aromatic heterocycles. The number of rotatable bonds is 4. The number of thiazole rings is 1. The minimum Gasteiger partial charge on any atom is -0.334 e. The third-order valence-electron chi connectivity index (χ3n) is 2.37. The number of urea groups is 1. The Morgan fingerprint density at radius 2 is 2.32 bits per heavy atom. The molecule has 0 aliphatic heterocycles. The van der Waals surface area contributed by atoms with Crippen molar-refractivity contribution in [1.29, 1.82) is 0 Å². The lowest BCUT2D eigenvalue weighted by Crippen LogP contribution is -2.28. The highest BCUT2D eigenvalue weighted by molar-refractivity contribution is 7.13. The number of aromatic nitrogens is 1. The highest BCUT2D eigenvalue weighted by Gasteiger charge is 2.05. The molecule has 0 fully saturated rings. The number of amides is 2. The second-order valence-electron chi connectivity index (χ2n) is 3.83. The van der Waals surface area contributed by atoms with Gasteiger partial charge in [0, 0.05) is 11.9 Å². The fourth-order valence-corrected chi connectivity index (χ4v) is 2.19. The van der Waals surface area contributed by atoms with E-state index in [2.05, 4.69) is 22.5 Å². The van der Waals surface area contributed by atoms with Crippen LogP contribution in [0.2, 0.25) is 0 Å². The molecule has 6 heteroatoms. The first-order chi connectivity index (χ1) is 9.17. The molecule has 4 nitrogen and oxygen atoms in total. The predicted octanol–water partition coefficient (Wildman–Crippen LogP) is 2.98. The molecule has 0 atom stereocenters. The molecular formula is C13H13FN3OS. The zero-order valence-corrected chi connectivity index (χ0v) is 11.0. The van der Waals surface area contributed by atoms with Crippen molar-refractivity contribution in [2.24, 2.45) is 0 Å². The summed E-state index contributed by atoms with van der Waals surface area (Å²) in [5.74, 6) is -0.320. The smallest absolute Gasteiger partial charge is 0.321 e. The molecule has 0 spiro atoms. The molecule has 0 unspecified atom stereocenters. The number of anilines is 1. The van der Waals surface area contributed by atoms with Crippen molar-refractivity contribution in [2.45, 2.75) is 13.0 Å². The second kappa shape index (κ2) is 6.29. The van der Waals surface area contributed by atoms with E-state index in [4.69, 9.17) is 0 Å². The number of hydrogen-bond acceptors (Lipinski definition) is 3. The van der Waals surface area contributed by atoms with E-state index in [9.17, 15) is 9.18 Å². The number of nitrogens with zero attached hydrogens (tertiary/aromatic N) is 1. The lowest BCUT2D eigenvalue weighted by atomic mass is 10.2. The topological polar surface area (TPSA) is 54.0 Å². The van der Waals surface area contributed by atoms with Crippen LogP contribution in [-0.2, 0) is 13.0 Å². The van der Waals surface area contributed by atoms with Gasteiger partial charge in [-0.05, 0) is 31.0 Å². The van der Waals surface area contributed by atoms with E-state index in [0.29, 0.717) is 17.1 Å². The van der Waals surface area contributed by atoms with Crippen molar-refractivity contribution >= 4 is 22.5 Å². The van der Waals surface area contributed by atoms with Crippen molar-refractivity contribution in [1.82, 2.24) is 10.3 Å². The Bertz CT molecular complexity index is 571. The highest BCUT2D eigenvalue weighted by Crippen LogP contribution is 2.15. The molecule has 1 aromatic carbocycles. The van der Waals surface area contributed by atoms with Crippen molar-refractivity contribution in [3.8, 4) is 0 Å². The third-order valence-corrected chi connectivity index (χ3v) is 3.18. The lowest BCUT2D eigenvalue weighted by molar-refractivity contribution is 0.251. The van der Waals surface area contributed by atoms with Crippen LogP contribution in [0.25, 0.3) is 0 Å². The van der Waals surface area contributed by atoms with E-state index in [1.54, 1.807) is 12.1 Å². The molecule has 2 amide bonds. The average Bonchev–Trinajstić information content (AvgIpc) is 2.84. The van der Waals surface area contributed by atoms with Crippen LogP contribution in [0.1, 0.15) is 11.3 Å². The molecule has 2 N–H and O–H groups in total. The summed E-state index contributed by atoms with van der Waals surface area (Å²) in [6.07, 6.45) is 0.586. The van der Waals surface area contributed by atoms with Crippen molar-refractivity contribution in [2.75, 3.05) is 5.32 Å². The second-order valence-corrected chi connectivity index (χ2v) is 4.69. The Hall–Kier alpha value is -1.95. The van der Waals surface area contributed by atoms with Gasteiger partial charge in [-0.1, -0.05) is 12.1 Å². The number of carbonyl (C=O) groups excluding carboxylic acids is 1. The molecule has 0 aliphatic rings. The summed E-state index contributed by atoms with van der Waals surface area (Å²) in [6.45, 7) is 3.97. The van der Waals surface area contributed by atoms with E-state index in [0.717, 1.165) is 5.69 Å². The molecule has 2 rings (SSSR count). The minimum absolute atomic E-state index is 0.261. The van der Waals surface area contributed by atoms with Gasteiger partial charge in [-0.2, -0.15) is 0 Å². The van der Waals surface area contributed by atoms with Gasteiger partial charge >= 0.3 is 6.03 Å². The van der Waals surface area contributed by atoms with E-state index in [-0.39, 0.29) is 18.4 Å². The summed E-state index contributed by atoms with van der Waals surface area (Å²) in [5, 5.41) is 7.62. The first-order valence-corrected chi connectivity index (χ1v) is 6.58. The first-order valence-electron chi connectivity index (χ1n) is 5.70. The highest BCUT2D eigenvalue weighted by atomic mass is 32.1. The first kappa shape index (κ1) is 13.5. The van der Waals surface area contributed by atoms with Crippen molar-refractivity contribution in [3.05, 3.63) is 53.6 Å². The van der Waals surface area contributed by atoms with E-state index in [1.165, 1.54) is 23.5 Å². The fourth-order valence-electron chi connectivity index (χ4n) is 1.45. The molecule has 1 heterocycles. The Balaban J connectivity index is 1.84. The van der Waals surface area contributed by atoms with Gasteiger partial charge in [-0.25, -0.2) is 14.2 Å². The van der Waals surface area contributed by atoms with E-state index < -0.39 is 0 Å². The number of carbonyl (C=O) groups is 1. The molecule has 0 saturated heterocycles. The van der Waals surface area contributed by atoms with Gasteiger partial charge in [0.05, 0.1) is 5.69 Å². The maximum Gasteiger partial charge on any atom is 0.321 e. The van der Waals surface area contributed by atoms with Crippen LogP contribution < -0.4 is 10.6 Å². The van der Waals surface area contributed by atoms with E-state index >= 15 is 0 Å².